The SMILES string of the molecule is BN1CCC2(CC=C(C#N)c3ccccc32)CC1. The third-order valence-corrected chi connectivity index (χ3v) is 4.55. The summed E-state index contributed by atoms with van der Waals surface area (Å²) in [6.45, 7) is 2.31. The number of fused-ring (bicyclic) bond motifs is 2. The molecule has 0 atom stereocenters. The molecular formula is C15H17BN2. The van der Waals surface area contributed by atoms with Gasteiger partial charge in [-0.3, -0.25) is 0 Å². The van der Waals surface area contributed by atoms with Crippen molar-refractivity contribution < 1.29 is 0 Å². The van der Waals surface area contributed by atoms with Gasteiger partial charge in [-0.2, -0.15) is 5.26 Å². The molecular weight excluding hydrogens is 219 g/mol. The van der Waals surface area contributed by atoms with E-state index >= 15 is 0 Å². The van der Waals surface area contributed by atoms with E-state index in [1.54, 1.807) is 0 Å². The number of hydrogen-bond acceptors (Lipinski definition) is 2. The van der Waals surface area contributed by atoms with Crippen LogP contribution in [0.4, 0.5) is 0 Å². The van der Waals surface area contributed by atoms with Crippen LogP contribution in [0.3, 0.4) is 0 Å². The highest BCUT2D eigenvalue weighted by Gasteiger charge is 2.38. The second-order valence-electron chi connectivity index (χ2n) is 5.56. The van der Waals surface area contributed by atoms with Gasteiger partial charge in [0.1, 0.15) is 0 Å². The van der Waals surface area contributed by atoms with Gasteiger partial charge in [0.15, 0.2) is 7.98 Å². The maximum absolute atomic E-state index is 9.24. The third kappa shape index (κ3) is 1.69. The molecule has 0 radical (unpaired) electrons. The summed E-state index contributed by atoms with van der Waals surface area (Å²) in [7, 11) is 2.19. The van der Waals surface area contributed by atoms with Crippen LogP contribution in [0.25, 0.3) is 5.57 Å². The Balaban J connectivity index is 2.06. The summed E-state index contributed by atoms with van der Waals surface area (Å²) in [5, 5.41) is 9.24. The Morgan fingerprint density at radius 2 is 1.94 bits per heavy atom. The van der Waals surface area contributed by atoms with Crippen LogP contribution in [0.5, 0.6) is 0 Å². The first-order valence-electron chi connectivity index (χ1n) is 6.64. The first-order chi connectivity index (χ1) is 8.75. The fourth-order valence-electron chi connectivity index (χ4n) is 3.32. The van der Waals surface area contributed by atoms with Gasteiger partial charge in [0.2, 0.25) is 0 Å². The average molecular weight is 236 g/mol. The Bertz CT molecular complexity index is 534. The molecule has 0 bridgehead atoms. The largest absolute Gasteiger partial charge is 0.349 e. The summed E-state index contributed by atoms with van der Waals surface area (Å²) in [4.78, 5) is 2.40. The molecule has 1 heterocycles. The minimum absolute atomic E-state index is 0.281. The van der Waals surface area contributed by atoms with Crippen LogP contribution in [0.2, 0.25) is 0 Å². The van der Waals surface area contributed by atoms with Crippen molar-refractivity contribution in [3.63, 3.8) is 0 Å². The van der Waals surface area contributed by atoms with Crippen LogP contribution in [0, 0.1) is 11.3 Å². The lowest BCUT2D eigenvalue weighted by Crippen LogP contribution is -2.42. The van der Waals surface area contributed by atoms with E-state index in [-0.39, 0.29) is 5.41 Å². The van der Waals surface area contributed by atoms with Gasteiger partial charge < -0.3 is 4.81 Å². The zero-order valence-electron chi connectivity index (χ0n) is 10.8. The highest BCUT2D eigenvalue weighted by atomic mass is 15.0. The van der Waals surface area contributed by atoms with Crippen molar-refractivity contribution in [3.05, 3.63) is 41.5 Å². The second-order valence-corrected chi connectivity index (χ2v) is 5.56. The Kier molecular flexibility index (Phi) is 2.76. The van der Waals surface area contributed by atoms with Crippen LogP contribution < -0.4 is 0 Å². The van der Waals surface area contributed by atoms with Gasteiger partial charge in [0.25, 0.3) is 0 Å². The third-order valence-electron chi connectivity index (χ3n) is 4.55. The molecule has 0 unspecified atom stereocenters. The molecule has 2 aliphatic rings. The van der Waals surface area contributed by atoms with Crippen molar-refractivity contribution in [2.45, 2.75) is 24.7 Å². The number of nitriles is 1. The number of benzene rings is 1. The van der Waals surface area contributed by atoms with Crippen molar-refractivity contribution >= 4 is 13.6 Å². The van der Waals surface area contributed by atoms with E-state index in [1.165, 1.54) is 18.4 Å². The normalized spacial score (nSPS) is 22.1. The van der Waals surface area contributed by atoms with E-state index in [0.717, 1.165) is 30.6 Å². The van der Waals surface area contributed by atoms with Crippen molar-refractivity contribution in [1.29, 1.82) is 5.26 Å². The molecule has 0 amide bonds. The van der Waals surface area contributed by atoms with E-state index in [4.69, 9.17) is 0 Å². The Hall–Kier alpha value is -1.53. The Morgan fingerprint density at radius 1 is 1.22 bits per heavy atom. The van der Waals surface area contributed by atoms with Gasteiger partial charge in [0.05, 0.1) is 11.6 Å². The van der Waals surface area contributed by atoms with Crippen LogP contribution in [0.1, 0.15) is 30.4 Å². The van der Waals surface area contributed by atoms with Crippen LogP contribution in [-0.2, 0) is 5.41 Å². The predicted molar refractivity (Wildman–Crippen MR) is 75.7 cm³/mol. The molecule has 1 aliphatic carbocycles. The van der Waals surface area contributed by atoms with Crippen molar-refractivity contribution in [1.82, 2.24) is 4.81 Å². The molecule has 3 rings (SSSR count). The Morgan fingerprint density at radius 3 is 2.67 bits per heavy atom. The van der Waals surface area contributed by atoms with E-state index in [9.17, 15) is 5.26 Å². The first kappa shape index (κ1) is 11.6. The molecule has 1 spiro atoms. The standard InChI is InChI=1S/C15H17BN2/c16-18-9-7-15(8-10-18)6-5-12(11-17)13-3-1-2-4-14(13)15/h1-5H,6-10,16H2. The summed E-state index contributed by atoms with van der Waals surface area (Å²) in [5.74, 6) is 0. The minimum Gasteiger partial charge on any atom is -0.349 e. The number of hydrogen-bond donors (Lipinski definition) is 0. The predicted octanol–water partition coefficient (Wildman–Crippen LogP) is 1.88. The van der Waals surface area contributed by atoms with Gasteiger partial charge >= 0.3 is 0 Å². The molecule has 2 nitrogen and oxygen atoms in total. The average Bonchev–Trinajstić information content (AvgIpc) is 2.43. The van der Waals surface area contributed by atoms with Gasteiger partial charge in [-0.25, -0.2) is 0 Å². The van der Waals surface area contributed by atoms with E-state index < -0.39 is 0 Å². The molecule has 1 aromatic rings. The van der Waals surface area contributed by atoms with Crippen molar-refractivity contribution in [3.8, 4) is 6.07 Å². The highest BCUT2D eigenvalue weighted by Crippen LogP contribution is 2.45. The van der Waals surface area contributed by atoms with E-state index in [2.05, 4.69) is 43.1 Å². The van der Waals surface area contributed by atoms with E-state index in [1.807, 2.05) is 6.07 Å². The second kappa shape index (κ2) is 4.30. The Labute approximate surface area is 109 Å². The minimum atomic E-state index is 0.281. The molecule has 1 saturated heterocycles. The van der Waals surface area contributed by atoms with Gasteiger partial charge in [0, 0.05) is 5.41 Å². The summed E-state index contributed by atoms with van der Waals surface area (Å²) >= 11 is 0. The lowest BCUT2D eigenvalue weighted by Gasteiger charge is -2.43. The van der Waals surface area contributed by atoms with E-state index in [0.29, 0.717) is 0 Å². The highest BCUT2D eigenvalue weighted by molar-refractivity contribution is 6.04. The first-order valence-corrected chi connectivity index (χ1v) is 6.64. The number of rotatable bonds is 0. The van der Waals surface area contributed by atoms with Crippen molar-refractivity contribution in [2.75, 3.05) is 13.1 Å². The molecule has 1 aliphatic heterocycles. The van der Waals surface area contributed by atoms with Crippen LogP contribution in [0.15, 0.2) is 30.3 Å². The summed E-state index contributed by atoms with van der Waals surface area (Å²) in [5.41, 5.74) is 3.70. The fourth-order valence-corrected chi connectivity index (χ4v) is 3.32. The molecule has 90 valence electrons. The lowest BCUT2D eigenvalue weighted by molar-refractivity contribution is 0.237. The molecule has 0 N–H and O–H groups in total. The summed E-state index contributed by atoms with van der Waals surface area (Å²) in [6.07, 6.45) is 5.58. The summed E-state index contributed by atoms with van der Waals surface area (Å²) in [6, 6.07) is 10.8. The van der Waals surface area contributed by atoms with Gasteiger partial charge in [-0.05, 0) is 43.5 Å². The van der Waals surface area contributed by atoms with Gasteiger partial charge in [-0.15, -0.1) is 0 Å². The van der Waals surface area contributed by atoms with Gasteiger partial charge in [-0.1, -0.05) is 30.3 Å². The number of nitrogens with zero attached hydrogens (tertiary/aromatic N) is 2. The molecule has 0 saturated carbocycles. The quantitative estimate of drug-likeness (QED) is 0.643. The molecule has 3 heteroatoms. The topological polar surface area (TPSA) is 27.0 Å². The number of allylic oxidation sites excluding steroid dienone is 2. The zero-order valence-corrected chi connectivity index (χ0v) is 10.8. The lowest BCUT2D eigenvalue weighted by atomic mass is 9.65. The van der Waals surface area contributed by atoms with Crippen LogP contribution in [-0.4, -0.2) is 25.9 Å². The smallest absolute Gasteiger partial charge is 0.185 e. The molecule has 1 fully saturated rings. The molecule has 0 aromatic heterocycles. The maximum Gasteiger partial charge on any atom is 0.185 e. The summed E-state index contributed by atoms with van der Waals surface area (Å²) < 4.78 is 0. The molecule has 18 heavy (non-hydrogen) atoms. The maximum atomic E-state index is 9.24. The monoisotopic (exact) mass is 236 g/mol. The number of piperidine rings is 1. The van der Waals surface area contributed by atoms with Crippen LogP contribution >= 0.6 is 0 Å². The fraction of sp³-hybridized carbons (Fsp3) is 0.400. The zero-order chi connectivity index (χ0) is 12.6. The molecule has 1 aromatic carbocycles. The van der Waals surface area contributed by atoms with Crippen molar-refractivity contribution in [2.24, 2.45) is 0 Å².